The maximum absolute atomic E-state index is 10.9. The first-order valence-electron chi connectivity index (χ1n) is 4.17. The maximum Gasteiger partial charge on any atom is 0.311 e. The lowest BCUT2D eigenvalue weighted by atomic mass is 10.1. The number of hydrogen-bond acceptors (Lipinski definition) is 3. The molecule has 0 bridgehead atoms. The van der Waals surface area contributed by atoms with Crippen LogP contribution in [0.15, 0.2) is 0 Å². The Morgan fingerprint density at radius 1 is 1.17 bits per heavy atom. The molecule has 0 saturated carbocycles. The number of piperidine rings is 1. The average molecular weight is 194 g/mol. The Hall–Kier alpha value is -0.130. The van der Waals surface area contributed by atoms with E-state index in [2.05, 4.69) is 0 Å². The molecule has 0 aromatic heterocycles. The number of likely N-dealkylation sites (tertiary alicyclic amines) is 1. The highest BCUT2D eigenvalue weighted by atomic mass is 32.2. The zero-order chi connectivity index (χ0) is 9.24. The Balaban J connectivity index is 2.59. The van der Waals surface area contributed by atoms with Gasteiger partial charge >= 0.3 is 10.1 Å². The molecule has 1 saturated heterocycles. The Kier molecular flexibility index (Phi) is 2.75. The molecule has 0 amide bonds. The van der Waals surface area contributed by atoms with Crippen LogP contribution in [0.5, 0.6) is 0 Å². The fourth-order valence-corrected chi connectivity index (χ4v) is 2.39. The predicted octanol–water partition coefficient (Wildman–Crippen LogP) is 0.508. The van der Waals surface area contributed by atoms with Gasteiger partial charge in [-0.05, 0) is 19.3 Å². The largest absolute Gasteiger partial charge is 0.311 e. The van der Waals surface area contributed by atoms with Crippen molar-refractivity contribution >= 4 is 10.1 Å². The average Bonchev–Trinajstić information content (AvgIpc) is 1.83. The minimum Gasteiger partial charge on any atom is -0.195 e. The van der Waals surface area contributed by atoms with Crippen LogP contribution in [0, 0.1) is 0 Å². The van der Waals surface area contributed by atoms with Crippen molar-refractivity contribution < 1.29 is 17.3 Å². The number of quaternary nitrogens is 1. The molecule has 0 radical (unpaired) electrons. The quantitative estimate of drug-likeness (QED) is 0.601. The van der Waals surface area contributed by atoms with Gasteiger partial charge in [0.25, 0.3) is 0 Å². The first-order valence-corrected chi connectivity index (χ1v) is 5.99. The molecule has 0 unspecified atom stereocenters. The van der Waals surface area contributed by atoms with Crippen LogP contribution in [0.1, 0.15) is 19.3 Å². The third kappa shape index (κ3) is 3.08. The van der Waals surface area contributed by atoms with Gasteiger partial charge in [0.05, 0.1) is 6.26 Å². The smallest absolute Gasteiger partial charge is 0.195 e. The summed E-state index contributed by atoms with van der Waals surface area (Å²) in [6, 6.07) is 0. The third-order valence-corrected chi connectivity index (χ3v) is 2.71. The van der Waals surface area contributed by atoms with Crippen molar-refractivity contribution in [2.75, 3.05) is 26.4 Å². The summed E-state index contributed by atoms with van der Waals surface area (Å²) in [5.74, 6) is 0. The zero-order valence-electron chi connectivity index (χ0n) is 7.62. The molecule has 0 aromatic carbocycles. The molecular weight excluding hydrogens is 178 g/mol. The molecule has 12 heavy (non-hydrogen) atoms. The molecule has 1 rings (SSSR count). The van der Waals surface area contributed by atoms with E-state index in [1.54, 1.807) is 0 Å². The zero-order valence-corrected chi connectivity index (χ0v) is 8.43. The first kappa shape index (κ1) is 9.95. The minimum absolute atomic E-state index is 0.221. The predicted molar refractivity (Wildman–Crippen MR) is 45.7 cm³/mol. The summed E-state index contributed by atoms with van der Waals surface area (Å²) in [7, 11) is -1.49. The number of hydrogen-bond donors (Lipinski definition) is 0. The van der Waals surface area contributed by atoms with Crippen molar-refractivity contribution in [2.24, 2.45) is 0 Å². The van der Waals surface area contributed by atoms with Crippen LogP contribution >= 0.6 is 0 Å². The maximum atomic E-state index is 10.9. The van der Waals surface area contributed by atoms with Crippen molar-refractivity contribution in [3.05, 3.63) is 0 Å². The van der Waals surface area contributed by atoms with Crippen LogP contribution in [0.3, 0.4) is 0 Å². The van der Waals surface area contributed by atoms with Gasteiger partial charge in [-0.1, -0.05) is 4.28 Å². The van der Waals surface area contributed by atoms with Crippen LogP contribution in [-0.2, 0) is 14.4 Å². The molecule has 1 aliphatic heterocycles. The Bertz CT molecular complexity index is 241. The van der Waals surface area contributed by atoms with Crippen molar-refractivity contribution in [3.8, 4) is 0 Å². The second-order valence-electron chi connectivity index (χ2n) is 3.58. The van der Waals surface area contributed by atoms with Gasteiger partial charge in [-0.25, -0.2) is 0 Å². The molecule has 4 nitrogen and oxygen atoms in total. The highest BCUT2D eigenvalue weighted by Gasteiger charge is 2.30. The Morgan fingerprint density at radius 2 is 1.67 bits per heavy atom. The Labute approximate surface area is 73.8 Å². The van der Waals surface area contributed by atoms with E-state index in [-0.39, 0.29) is 4.65 Å². The van der Waals surface area contributed by atoms with E-state index < -0.39 is 10.1 Å². The summed E-state index contributed by atoms with van der Waals surface area (Å²) in [6.07, 6.45) is 4.38. The number of hydroxylamine groups is 3. The number of rotatable bonds is 2. The van der Waals surface area contributed by atoms with Gasteiger partial charge < -0.3 is 0 Å². The monoisotopic (exact) mass is 194 g/mol. The highest BCUT2D eigenvalue weighted by Crippen LogP contribution is 2.18. The van der Waals surface area contributed by atoms with Crippen LogP contribution in [-0.4, -0.2) is 39.5 Å². The molecule has 72 valence electrons. The molecule has 0 atom stereocenters. The molecule has 1 aliphatic rings. The topological polar surface area (TPSA) is 43.4 Å². The van der Waals surface area contributed by atoms with Gasteiger partial charge in [-0.15, -0.1) is 0 Å². The molecule has 0 aromatic rings. The van der Waals surface area contributed by atoms with Crippen LogP contribution in [0.2, 0.25) is 0 Å². The van der Waals surface area contributed by atoms with Crippen LogP contribution in [0.25, 0.3) is 0 Å². The molecular formula is C7H16NO3S+. The highest BCUT2D eigenvalue weighted by molar-refractivity contribution is 7.85. The van der Waals surface area contributed by atoms with Crippen molar-refractivity contribution in [3.63, 3.8) is 0 Å². The molecule has 0 aliphatic carbocycles. The van der Waals surface area contributed by atoms with Crippen molar-refractivity contribution in [2.45, 2.75) is 19.3 Å². The summed E-state index contributed by atoms with van der Waals surface area (Å²) >= 11 is 0. The van der Waals surface area contributed by atoms with Crippen LogP contribution < -0.4 is 0 Å². The van der Waals surface area contributed by atoms with Gasteiger partial charge in [0.15, 0.2) is 0 Å². The van der Waals surface area contributed by atoms with E-state index in [9.17, 15) is 8.42 Å². The van der Waals surface area contributed by atoms with E-state index in [1.165, 1.54) is 6.42 Å². The van der Waals surface area contributed by atoms with Crippen molar-refractivity contribution in [1.82, 2.24) is 0 Å². The second-order valence-corrected chi connectivity index (χ2v) is 5.14. The van der Waals surface area contributed by atoms with Crippen molar-refractivity contribution in [1.29, 1.82) is 0 Å². The molecule has 1 fully saturated rings. The molecule has 0 N–H and O–H groups in total. The summed E-state index contributed by atoms with van der Waals surface area (Å²) < 4.78 is 26.9. The lowest BCUT2D eigenvalue weighted by Crippen LogP contribution is -2.48. The third-order valence-electron chi connectivity index (χ3n) is 2.08. The molecule has 5 heteroatoms. The minimum atomic E-state index is -3.31. The van der Waals surface area contributed by atoms with Crippen LogP contribution in [0.4, 0.5) is 0 Å². The van der Waals surface area contributed by atoms with E-state index in [1.807, 2.05) is 7.05 Å². The summed E-state index contributed by atoms with van der Waals surface area (Å²) in [5.41, 5.74) is 0. The van der Waals surface area contributed by atoms with Gasteiger partial charge in [0.1, 0.15) is 20.1 Å². The standard InChI is InChI=1S/C7H16NO3S/c1-8(11-12(2,9)10)6-4-3-5-7-8/h3-7H2,1-2H3/q+1. The summed E-state index contributed by atoms with van der Waals surface area (Å²) in [6.45, 7) is 1.60. The Morgan fingerprint density at radius 3 is 2.08 bits per heavy atom. The lowest BCUT2D eigenvalue weighted by Gasteiger charge is -2.32. The molecule has 0 spiro atoms. The van der Waals surface area contributed by atoms with E-state index in [4.69, 9.17) is 4.28 Å². The van der Waals surface area contributed by atoms with E-state index in [0.29, 0.717) is 0 Å². The van der Waals surface area contributed by atoms with E-state index in [0.717, 1.165) is 32.2 Å². The fraction of sp³-hybridized carbons (Fsp3) is 1.00. The summed E-state index contributed by atoms with van der Waals surface area (Å²) in [4.78, 5) is 0. The lowest BCUT2D eigenvalue weighted by molar-refractivity contribution is -1.07. The molecule has 1 heterocycles. The normalized spacial score (nSPS) is 23.8. The van der Waals surface area contributed by atoms with Gasteiger partial charge in [-0.2, -0.15) is 13.1 Å². The van der Waals surface area contributed by atoms with Gasteiger partial charge in [0, 0.05) is 0 Å². The number of nitrogens with zero attached hydrogens (tertiary/aromatic N) is 1. The SMILES string of the molecule is C[N+]1(OS(C)(=O)=O)CCCCC1. The van der Waals surface area contributed by atoms with E-state index >= 15 is 0 Å². The first-order chi connectivity index (χ1) is 5.41. The second kappa shape index (κ2) is 3.32. The fourth-order valence-electron chi connectivity index (χ4n) is 1.58. The summed E-state index contributed by atoms with van der Waals surface area (Å²) in [5, 5.41) is 0. The van der Waals surface area contributed by atoms with Gasteiger partial charge in [0.2, 0.25) is 0 Å². The van der Waals surface area contributed by atoms with Gasteiger partial charge in [-0.3, -0.25) is 0 Å².